The fourth-order valence-electron chi connectivity index (χ4n) is 6.68. The molecular weight excluding hydrogens is 641 g/mol. The number of rotatable bonds is 7. The van der Waals surface area contributed by atoms with Crippen molar-refractivity contribution in [1.29, 1.82) is 0 Å². The molecule has 0 spiro atoms. The third-order valence-electron chi connectivity index (χ3n) is 9.09. The molecule has 0 saturated heterocycles. The number of benzene rings is 8. The standard InChI is InChI=1S/C37H26.C12H14N2.C2H6/c1-25-17-19-28(20-18-25)36-32-12-4-6-14-34(32)37(35-15-7-5-13-33(35)36)29-23-21-27(22-24-29)31-16-8-10-26-9-2-3-11-30(26)31;1-11(13)7-5-6-10-14-12-8-3-2-4-9-12;1-2/h2-24H,1H3;2-10,14H,1,13H2;1-2H3/b;7-5-,10-6-;. The van der Waals surface area contributed by atoms with Crippen LogP contribution in [0.15, 0.2) is 207 Å². The Morgan fingerprint density at radius 2 is 0.943 bits per heavy atom. The lowest BCUT2D eigenvalue weighted by Gasteiger charge is -2.18. The second kappa shape index (κ2) is 17.5. The number of aryl methyl sites for hydroxylation is 1. The number of nitrogens with two attached hydrogens (primary N) is 1. The highest BCUT2D eigenvalue weighted by molar-refractivity contribution is 6.21. The molecule has 0 atom stereocenters. The summed E-state index contributed by atoms with van der Waals surface area (Å²) in [6.45, 7) is 9.69. The molecule has 3 N–H and O–H groups in total. The Bertz CT molecular complexity index is 2440. The first-order valence-corrected chi connectivity index (χ1v) is 18.2. The minimum absolute atomic E-state index is 0.550. The highest BCUT2D eigenvalue weighted by Gasteiger charge is 2.16. The minimum Gasteiger partial charge on any atom is -0.399 e. The Balaban J connectivity index is 0.000000254. The molecule has 0 radical (unpaired) electrons. The van der Waals surface area contributed by atoms with Gasteiger partial charge in [-0.3, -0.25) is 0 Å². The zero-order valence-corrected chi connectivity index (χ0v) is 30.8. The van der Waals surface area contributed by atoms with Crippen LogP contribution in [-0.4, -0.2) is 0 Å². The fraction of sp³-hybridized carbons (Fsp3) is 0.0588. The van der Waals surface area contributed by atoms with Crippen molar-refractivity contribution in [3.8, 4) is 33.4 Å². The van der Waals surface area contributed by atoms with Gasteiger partial charge < -0.3 is 11.1 Å². The topological polar surface area (TPSA) is 38.0 Å². The molecule has 0 saturated carbocycles. The summed E-state index contributed by atoms with van der Waals surface area (Å²) in [5.41, 5.74) is 15.9. The lowest BCUT2D eigenvalue weighted by Crippen LogP contribution is -1.91. The van der Waals surface area contributed by atoms with Crippen LogP contribution in [0.2, 0.25) is 0 Å². The molecule has 0 fully saturated rings. The summed E-state index contributed by atoms with van der Waals surface area (Å²) in [6.07, 6.45) is 7.28. The molecular formula is C51H46N2. The summed E-state index contributed by atoms with van der Waals surface area (Å²) in [7, 11) is 0. The maximum atomic E-state index is 5.35. The molecule has 2 heteroatoms. The molecule has 0 bridgehead atoms. The molecule has 53 heavy (non-hydrogen) atoms. The van der Waals surface area contributed by atoms with Gasteiger partial charge in [0.15, 0.2) is 0 Å². The van der Waals surface area contributed by atoms with E-state index in [4.69, 9.17) is 5.73 Å². The van der Waals surface area contributed by atoms with Crippen LogP contribution >= 0.6 is 0 Å². The molecule has 8 aromatic carbocycles. The second-order valence-corrected chi connectivity index (χ2v) is 12.6. The van der Waals surface area contributed by atoms with Gasteiger partial charge in [-0.1, -0.05) is 190 Å². The van der Waals surface area contributed by atoms with E-state index in [1.54, 1.807) is 6.08 Å². The van der Waals surface area contributed by atoms with Crippen molar-refractivity contribution in [3.63, 3.8) is 0 Å². The van der Waals surface area contributed by atoms with Crippen LogP contribution in [0.25, 0.3) is 65.7 Å². The van der Waals surface area contributed by atoms with Crippen molar-refractivity contribution in [2.75, 3.05) is 5.32 Å². The third-order valence-corrected chi connectivity index (χ3v) is 9.09. The summed E-state index contributed by atoms with van der Waals surface area (Å²) >= 11 is 0. The summed E-state index contributed by atoms with van der Waals surface area (Å²) in [6, 6.07) is 60.8. The number of anilines is 1. The van der Waals surface area contributed by atoms with E-state index in [0.29, 0.717) is 5.70 Å². The Kier molecular flexibility index (Phi) is 12.0. The van der Waals surface area contributed by atoms with E-state index in [2.05, 4.69) is 158 Å². The number of allylic oxidation sites excluding steroid dienone is 3. The molecule has 0 aromatic heterocycles. The first-order valence-electron chi connectivity index (χ1n) is 18.2. The molecule has 0 amide bonds. The van der Waals surface area contributed by atoms with Gasteiger partial charge in [-0.15, -0.1) is 0 Å². The minimum atomic E-state index is 0.550. The SMILES string of the molecule is C=C(N)/C=C\C=C/Nc1ccccc1.CC.Cc1ccc(-c2c3ccccc3c(-c3ccc(-c4cccc5ccccc45)cc3)c3ccccc23)cc1. The van der Waals surface area contributed by atoms with E-state index in [1.165, 1.54) is 71.3 Å². The maximum absolute atomic E-state index is 5.35. The van der Waals surface area contributed by atoms with E-state index in [1.807, 2.05) is 62.5 Å². The van der Waals surface area contributed by atoms with E-state index < -0.39 is 0 Å². The van der Waals surface area contributed by atoms with Crippen molar-refractivity contribution in [3.05, 3.63) is 212 Å². The van der Waals surface area contributed by atoms with Crippen molar-refractivity contribution in [2.24, 2.45) is 5.73 Å². The zero-order valence-electron chi connectivity index (χ0n) is 30.8. The summed E-state index contributed by atoms with van der Waals surface area (Å²) < 4.78 is 0. The van der Waals surface area contributed by atoms with Gasteiger partial charge in [0, 0.05) is 17.6 Å². The number of hydrogen-bond acceptors (Lipinski definition) is 2. The number of nitrogens with one attached hydrogen (secondary N) is 1. The molecule has 8 aromatic rings. The van der Waals surface area contributed by atoms with Crippen LogP contribution < -0.4 is 11.1 Å². The van der Waals surface area contributed by atoms with E-state index >= 15 is 0 Å². The van der Waals surface area contributed by atoms with Crippen molar-refractivity contribution in [1.82, 2.24) is 0 Å². The summed E-state index contributed by atoms with van der Waals surface area (Å²) in [5, 5.41) is 10.8. The lowest BCUT2D eigenvalue weighted by atomic mass is 9.85. The van der Waals surface area contributed by atoms with Gasteiger partial charge >= 0.3 is 0 Å². The maximum Gasteiger partial charge on any atom is 0.0379 e. The van der Waals surface area contributed by atoms with Crippen LogP contribution in [0.1, 0.15) is 19.4 Å². The molecule has 0 aliphatic heterocycles. The number of para-hydroxylation sites is 1. The van der Waals surface area contributed by atoms with E-state index in [-0.39, 0.29) is 0 Å². The molecule has 0 aliphatic rings. The average Bonchev–Trinajstić information content (AvgIpc) is 3.21. The summed E-state index contributed by atoms with van der Waals surface area (Å²) in [4.78, 5) is 0. The summed E-state index contributed by atoms with van der Waals surface area (Å²) in [5.74, 6) is 0. The second-order valence-electron chi connectivity index (χ2n) is 12.6. The Morgan fingerprint density at radius 1 is 0.491 bits per heavy atom. The van der Waals surface area contributed by atoms with E-state index in [9.17, 15) is 0 Å². The van der Waals surface area contributed by atoms with E-state index in [0.717, 1.165) is 5.69 Å². The van der Waals surface area contributed by atoms with Crippen LogP contribution in [0, 0.1) is 6.92 Å². The molecule has 0 heterocycles. The van der Waals surface area contributed by atoms with Gasteiger partial charge in [-0.2, -0.15) is 0 Å². The van der Waals surface area contributed by atoms with Gasteiger partial charge in [-0.05, 0) is 96.9 Å². The molecule has 260 valence electrons. The van der Waals surface area contributed by atoms with Crippen LogP contribution in [0.5, 0.6) is 0 Å². The van der Waals surface area contributed by atoms with Gasteiger partial charge in [0.2, 0.25) is 0 Å². The van der Waals surface area contributed by atoms with Crippen LogP contribution in [-0.2, 0) is 0 Å². The Hall–Kier alpha value is -6.64. The molecule has 8 rings (SSSR count). The van der Waals surface area contributed by atoms with Crippen molar-refractivity contribution in [2.45, 2.75) is 20.8 Å². The largest absolute Gasteiger partial charge is 0.399 e. The molecule has 0 unspecified atom stereocenters. The molecule has 0 aliphatic carbocycles. The monoisotopic (exact) mass is 686 g/mol. The highest BCUT2D eigenvalue weighted by atomic mass is 14.8. The quantitative estimate of drug-likeness (QED) is 0.129. The van der Waals surface area contributed by atoms with Crippen molar-refractivity contribution < 1.29 is 0 Å². The predicted molar refractivity (Wildman–Crippen MR) is 233 cm³/mol. The number of fused-ring (bicyclic) bond motifs is 3. The Morgan fingerprint density at radius 3 is 1.49 bits per heavy atom. The highest BCUT2D eigenvalue weighted by Crippen LogP contribution is 2.44. The predicted octanol–water partition coefficient (Wildman–Crippen LogP) is 14.1. The smallest absolute Gasteiger partial charge is 0.0379 e. The van der Waals surface area contributed by atoms with Gasteiger partial charge in [0.25, 0.3) is 0 Å². The van der Waals surface area contributed by atoms with Crippen LogP contribution in [0.4, 0.5) is 5.69 Å². The van der Waals surface area contributed by atoms with Gasteiger partial charge in [-0.25, -0.2) is 0 Å². The van der Waals surface area contributed by atoms with Gasteiger partial charge in [0.1, 0.15) is 0 Å². The van der Waals surface area contributed by atoms with Crippen LogP contribution in [0.3, 0.4) is 0 Å². The fourth-order valence-corrected chi connectivity index (χ4v) is 6.68. The Labute approximate surface area is 314 Å². The zero-order chi connectivity index (χ0) is 37.0. The normalized spacial score (nSPS) is 10.9. The van der Waals surface area contributed by atoms with Gasteiger partial charge in [0.05, 0.1) is 0 Å². The first-order chi connectivity index (χ1) is 26.1. The average molecular weight is 687 g/mol. The first kappa shape index (κ1) is 36.2. The third kappa shape index (κ3) is 8.47. The molecule has 2 nitrogen and oxygen atoms in total. The van der Waals surface area contributed by atoms with Crippen molar-refractivity contribution >= 4 is 38.0 Å². The lowest BCUT2D eigenvalue weighted by molar-refractivity contribution is 1.45. The number of hydrogen-bond donors (Lipinski definition) is 2.